The molecule has 0 radical (unpaired) electrons. The third-order valence-corrected chi connectivity index (χ3v) is 6.93. The summed E-state index contributed by atoms with van der Waals surface area (Å²) >= 11 is 0. The minimum Gasteiger partial charge on any atom is -0.340 e. The van der Waals surface area contributed by atoms with Crippen LogP contribution < -0.4 is 0 Å². The Morgan fingerprint density at radius 3 is 2.07 bits per heavy atom. The SMILES string of the molecule is C[C@@H]1CCCCN1C(=O)[C@@H](C1CCCC1)N1CCN(C(=O)CC(C)(C)C)CC1. The van der Waals surface area contributed by atoms with Crippen molar-refractivity contribution >= 4 is 11.8 Å². The Morgan fingerprint density at radius 1 is 0.893 bits per heavy atom. The summed E-state index contributed by atoms with van der Waals surface area (Å²) < 4.78 is 0. The first kappa shape index (κ1) is 21.6. The Labute approximate surface area is 171 Å². The van der Waals surface area contributed by atoms with E-state index in [1.807, 2.05) is 4.90 Å². The Hall–Kier alpha value is -1.10. The van der Waals surface area contributed by atoms with E-state index in [1.54, 1.807) is 0 Å². The zero-order chi connectivity index (χ0) is 20.3. The summed E-state index contributed by atoms with van der Waals surface area (Å²) in [6.45, 7) is 12.7. The van der Waals surface area contributed by atoms with Gasteiger partial charge in [0.15, 0.2) is 0 Å². The molecule has 1 aliphatic carbocycles. The second-order valence-electron chi connectivity index (χ2n) is 10.5. The van der Waals surface area contributed by atoms with Gasteiger partial charge < -0.3 is 9.80 Å². The fourth-order valence-electron chi connectivity index (χ4n) is 5.34. The van der Waals surface area contributed by atoms with Crippen LogP contribution in [0.4, 0.5) is 0 Å². The van der Waals surface area contributed by atoms with Crippen LogP contribution in [0.2, 0.25) is 0 Å². The van der Waals surface area contributed by atoms with Crippen molar-refractivity contribution in [2.24, 2.45) is 11.3 Å². The molecular weight excluding hydrogens is 350 g/mol. The van der Waals surface area contributed by atoms with E-state index in [0.717, 1.165) is 45.6 Å². The minimum absolute atomic E-state index is 0.0287. The number of amides is 2. The predicted octanol–water partition coefficient (Wildman–Crippen LogP) is 3.53. The summed E-state index contributed by atoms with van der Waals surface area (Å²) in [5.74, 6) is 1.13. The molecule has 0 spiro atoms. The third kappa shape index (κ3) is 5.28. The molecule has 2 saturated heterocycles. The number of piperidine rings is 1. The molecule has 2 aliphatic heterocycles. The predicted molar refractivity (Wildman–Crippen MR) is 113 cm³/mol. The zero-order valence-electron chi connectivity index (χ0n) is 18.6. The van der Waals surface area contributed by atoms with Gasteiger partial charge in [-0.05, 0) is 50.4 Å². The van der Waals surface area contributed by atoms with Crippen LogP contribution in [0.25, 0.3) is 0 Å². The number of rotatable bonds is 4. The number of nitrogens with zero attached hydrogens (tertiary/aromatic N) is 3. The second-order valence-corrected chi connectivity index (χ2v) is 10.5. The molecule has 3 aliphatic rings. The lowest BCUT2D eigenvalue weighted by Crippen LogP contribution is -2.60. The number of piperazine rings is 1. The molecule has 160 valence electrons. The molecular formula is C23H41N3O2. The Bertz CT molecular complexity index is 543. The van der Waals surface area contributed by atoms with Crippen molar-refractivity contribution in [1.29, 1.82) is 0 Å². The molecule has 5 nitrogen and oxygen atoms in total. The highest BCUT2D eigenvalue weighted by molar-refractivity contribution is 5.83. The van der Waals surface area contributed by atoms with Gasteiger partial charge in [-0.15, -0.1) is 0 Å². The molecule has 3 rings (SSSR count). The van der Waals surface area contributed by atoms with Crippen LogP contribution in [0.5, 0.6) is 0 Å². The number of carbonyl (C=O) groups excluding carboxylic acids is 2. The van der Waals surface area contributed by atoms with Crippen molar-refractivity contribution in [2.75, 3.05) is 32.7 Å². The molecule has 28 heavy (non-hydrogen) atoms. The van der Waals surface area contributed by atoms with Crippen LogP contribution >= 0.6 is 0 Å². The summed E-state index contributed by atoms with van der Waals surface area (Å²) in [7, 11) is 0. The van der Waals surface area contributed by atoms with Gasteiger partial charge >= 0.3 is 0 Å². The molecule has 0 bridgehead atoms. The minimum atomic E-state index is 0.0287. The molecule has 2 atom stereocenters. The lowest BCUT2D eigenvalue weighted by molar-refractivity contribution is -0.144. The monoisotopic (exact) mass is 391 g/mol. The first-order valence-electron chi connectivity index (χ1n) is 11.6. The summed E-state index contributed by atoms with van der Waals surface area (Å²) in [5.41, 5.74) is 0.0287. The molecule has 2 heterocycles. The number of likely N-dealkylation sites (tertiary alicyclic amines) is 1. The van der Waals surface area contributed by atoms with Gasteiger partial charge in [0.05, 0.1) is 6.04 Å². The van der Waals surface area contributed by atoms with E-state index < -0.39 is 0 Å². The third-order valence-electron chi connectivity index (χ3n) is 6.93. The highest BCUT2D eigenvalue weighted by Crippen LogP contribution is 2.33. The van der Waals surface area contributed by atoms with Gasteiger partial charge in [0.25, 0.3) is 0 Å². The van der Waals surface area contributed by atoms with Gasteiger partial charge in [0, 0.05) is 45.2 Å². The second kappa shape index (κ2) is 9.15. The van der Waals surface area contributed by atoms with Gasteiger partial charge in [0.2, 0.25) is 11.8 Å². The van der Waals surface area contributed by atoms with Crippen LogP contribution in [0.3, 0.4) is 0 Å². The van der Waals surface area contributed by atoms with Gasteiger partial charge in [-0.1, -0.05) is 33.6 Å². The average molecular weight is 392 g/mol. The summed E-state index contributed by atoms with van der Waals surface area (Å²) in [5, 5.41) is 0. The maximum Gasteiger partial charge on any atom is 0.240 e. The van der Waals surface area contributed by atoms with Crippen LogP contribution in [0.15, 0.2) is 0 Å². The normalized spacial score (nSPS) is 26.5. The van der Waals surface area contributed by atoms with Gasteiger partial charge in [-0.3, -0.25) is 14.5 Å². The fourth-order valence-corrected chi connectivity index (χ4v) is 5.34. The van der Waals surface area contributed by atoms with Crippen LogP contribution in [0, 0.1) is 11.3 Å². The molecule has 1 saturated carbocycles. The standard InChI is InChI=1S/C23H41N3O2/c1-18-9-7-8-12-26(18)22(28)21(19-10-5-6-11-19)25-15-13-24(14-16-25)20(27)17-23(2,3)4/h18-19,21H,5-17H2,1-4H3/t18-,21-/m1/s1. The van der Waals surface area contributed by atoms with E-state index in [0.29, 0.717) is 24.3 Å². The summed E-state index contributed by atoms with van der Waals surface area (Å²) in [6.07, 6.45) is 9.00. The molecule has 0 N–H and O–H groups in total. The summed E-state index contributed by atoms with van der Waals surface area (Å²) in [4.78, 5) is 32.8. The largest absolute Gasteiger partial charge is 0.340 e. The van der Waals surface area contributed by atoms with Crippen molar-refractivity contribution in [1.82, 2.24) is 14.7 Å². The van der Waals surface area contributed by atoms with Crippen molar-refractivity contribution in [3.8, 4) is 0 Å². The molecule has 3 fully saturated rings. The Kier molecular flexibility index (Phi) is 7.06. The number of hydrogen-bond donors (Lipinski definition) is 0. The lowest BCUT2D eigenvalue weighted by Gasteiger charge is -2.44. The first-order chi connectivity index (χ1) is 13.3. The summed E-state index contributed by atoms with van der Waals surface area (Å²) in [6, 6.07) is 0.405. The lowest BCUT2D eigenvalue weighted by atomic mass is 9.91. The molecule has 0 unspecified atom stereocenters. The average Bonchev–Trinajstić information content (AvgIpc) is 3.15. The number of carbonyl (C=O) groups is 2. The highest BCUT2D eigenvalue weighted by atomic mass is 16.2. The van der Waals surface area contributed by atoms with E-state index in [-0.39, 0.29) is 17.4 Å². The van der Waals surface area contributed by atoms with Gasteiger partial charge in [0.1, 0.15) is 0 Å². The molecule has 2 amide bonds. The van der Waals surface area contributed by atoms with E-state index >= 15 is 0 Å². The Balaban J connectivity index is 1.65. The van der Waals surface area contributed by atoms with E-state index in [1.165, 1.54) is 32.1 Å². The topological polar surface area (TPSA) is 43.9 Å². The van der Waals surface area contributed by atoms with Crippen molar-refractivity contribution in [3.63, 3.8) is 0 Å². The van der Waals surface area contributed by atoms with Gasteiger partial charge in [-0.25, -0.2) is 0 Å². The van der Waals surface area contributed by atoms with Crippen molar-refractivity contribution in [2.45, 2.75) is 91.1 Å². The maximum atomic E-state index is 13.6. The maximum absolute atomic E-state index is 13.6. The van der Waals surface area contributed by atoms with E-state index in [9.17, 15) is 9.59 Å². The van der Waals surface area contributed by atoms with Crippen molar-refractivity contribution < 1.29 is 9.59 Å². The smallest absolute Gasteiger partial charge is 0.240 e. The fraction of sp³-hybridized carbons (Fsp3) is 0.913. The Morgan fingerprint density at radius 2 is 1.50 bits per heavy atom. The zero-order valence-corrected chi connectivity index (χ0v) is 18.6. The van der Waals surface area contributed by atoms with E-state index in [2.05, 4.69) is 37.5 Å². The molecule has 5 heteroatoms. The number of hydrogen-bond acceptors (Lipinski definition) is 3. The molecule has 0 aromatic carbocycles. The van der Waals surface area contributed by atoms with Gasteiger partial charge in [-0.2, -0.15) is 0 Å². The quantitative estimate of drug-likeness (QED) is 0.736. The van der Waals surface area contributed by atoms with E-state index in [4.69, 9.17) is 0 Å². The van der Waals surface area contributed by atoms with Crippen LogP contribution in [-0.4, -0.2) is 71.3 Å². The molecule has 0 aromatic rings. The highest BCUT2D eigenvalue weighted by Gasteiger charge is 2.40. The first-order valence-corrected chi connectivity index (χ1v) is 11.6. The van der Waals surface area contributed by atoms with Crippen LogP contribution in [0.1, 0.15) is 79.1 Å². The van der Waals surface area contributed by atoms with Crippen molar-refractivity contribution in [3.05, 3.63) is 0 Å². The van der Waals surface area contributed by atoms with Crippen LogP contribution in [-0.2, 0) is 9.59 Å². The molecule has 0 aromatic heterocycles.